The van der Waals surface area contributed by atoms with E-state index in [-0.39, 0.29) is 22.5 Å². The molecule has 0 aliphatic heterocycles. The summed E-state index contributed by atoms with van der Waals surface area (Å²) in [5.41, 5.74) is 0.770. The highest BCUT2D eigenvalue weighted by Gasteiger charge is 2.16. The Kier molecular flexibility index (Phi) is 5.35. The van der Waals surface area contributed by atoms with Gasteiger partial charge in [-0.05, 0) is 17.7 Å². The number of non-ortho nitro benzene ring substituents is 2. The van der Waals surface area contributed by atoms with Crippen molar-refractivity contribution in [1.29, 1.82) is 0 Å². The van der Waals surface area contributed by atoms with E-state index in [0.29, 0.717) is 0 Å². The van der Waals surface area contributed by atoms with Crippen LogP contribution in [0.4, 0.5) is 11.4 Å². The summed E-state index contributed by atoms with van der Waals surface area (Å²) in [6, 6.07) is 12.4. The Balaban J connectivity index is 2.20. The number of nitrogens with zero attached hydrogens (tertiary/aromatic N) is 2. The minimum Gasteiger partial charge on any atom is -0.258 e. The van der Waals surface area contributed by atoms with E-state index in [1.807, 2.05) is 0 Å². The third kappa shape index (κ3) is 3.96. The lowest BCUT2D eigenvalue weighted by Crippen LogP contribution is -1.97. The van der Waals surface area contributed by atoms with Gasteiger partial charge in [0.25, 0.3) is 11.4 Å². The molecule has 0 spiro atoms. The number of hydrogen-bond acceptors (Lipinski definition) is 5. The van der Waals surface area contributed by atoms with Gasteiger partial charge in [-0.3, -0.25) is 20.2 Å². The highest BCUT2D eigenvalue weighted by Crippen LogP contribution is 2.37. The van der Waals surface area contributed by atoms with Crippen molar-refractivity contribution in [2.24, 2.45) is 0 Å². The van der Waals surface area contributed by atoms with E-state index in [9.17, 15) is 20.2 Å². The SMILES string of the molecule is O=[N+]([O-])c1ccc(SC(CCl)c2cccc([N+](=O)[O-])c2)cc1. The van der Waals surface area contributed by atoms with Gasteiger partial charge in [-0.25, -0.2) is 0 Å². The van der Waals surface area contributed by atoms with Crippen LogP contribution in [-0.2, 0) is 0 Å². The van der Waals surface area contributed by atoms with Crippen LogP contribution >= 0.6 is 23.4 Å². The van der Waals surface area contributed by atoms with Gasteiger partial charge in [-0.2, -0.15) is 0 Å². The van der Waals surface area contributed by atoms with Crippen molar-refractivity contribution in [2.45, 2.75) is 10.1 Å². The fraction of sp³-hybridized carbons (Fsp3) is 0.143. The summed E-state index contributed by atoms with van der Waals surface area (Å²) >= 11 is 7.37. The zero-order valence-corrected chi connectivity index (χ0v) is 12.8. The van der Waals surface area contributed by atoms with Gasteiger partial charge in [0.2, 0.25) is 0 Å². The van der Waals surface area contributed by atoms with Crippen LogP contribution in [0, 0.1) is 20.2 Å². The molecule has 6 nitrogen and oxygen atoms in total. The van der Waals surface area contributed by atoms with Crippen LogP contribution in [0.25, 0.3) is 0 Å². The molecule has 0 aromatic heterocycles. The van der Waals surface area contributed by atoms with E-state index in [0.717, 1.165) is 10.5 Å². The molecule has 0 saturated heterocycles. The third-order valence-corrected chi connectivity index (χ3v) is 4.68. The molecule has 2 rings (SSSR count). The molecule has 0 aliphatic carbocycles. The van der Waals surface area contributed by atoms with Gasteiger partial charge in [0, 0.05) is 40.3 Å². The van der Waals surface area contributed by atoms with E-state index in [2.05, 4.69) is 0 Å². The minimum atomic E-state index is -0.464. The second kappa shape index (κ2) is 7.24. The Labute approximate surface area is 135 Å². The normalized spacial score (nSPS) is 11.9. The molecule has 0 radical (unpaired) electrons. The quantitative estimate of drug-likeness (QED) is 0.333. The summed E-state index contributed by atoms with van der Waals surface area (Å²) < 4.78 is 0. The molecule has 8 heteroatoms. The van der Waals surface area contributed by atoms with Crippen LogP contribution in [0.1, 0.15) is 10.8 Å². The first-order valence-corrected chi connectivity index (χ1v) is 7.64. The molecule has 114 valence electrons. The van der Waals surface area contributed by atoms with Crippen LogP contribution in [0.15, 0.2) is 53.4 Å². The highest BCUT2D eigenvalue weighted by molar-refractivity contribution is 7.99. The molecule has 0 heterocycles. The fourth-order valence-corrected chi connectivity index (χ4v) is 3.17. The first kappa shape index (κ1) is 16.3. The molecule has 22 heavy (non-hydrogen) atoms. The van der Waals surface area contributed by atoms with E-state index >= 15 is 0 Å². The second-order valence-electron chi connectivity index (χ2n) is 4.36. The molecule has 1 unspecified atom stereocenters. The molecule has 0 amide bonds. The van der Waals surface area contributed by atoms with Crippen molar-refractivity contribution in [2.75, 3.05) is 5.88 Å². The second-order valence-corrected chi connectivity index (χ2v) is 5.95. The van der Waals surface area contributed by atoms with Crippen molar-refractivity contribution in [1.82, 2.24) is 0 Å². The Morgan fingerprint density at radius 2 is 1.64 bits per heavy atom. The fourth-order valence-electron chi connectivity index (χ4n) is 1.84. The maximum Gasteiger partial charge on any atom is 0.269 e. The average Bonchev–Trinajstić information content (AvgIpc) is 2.53. The number of halogens is 1. The van der Waals surface area contributed by atoms with Crippen LogP contribution in [0.2, 0.25) is 0 Å². The summed E-state index contributed by atoms with van der Waals surface area (Å²) in [6.07, 6.45) is 0. The molecule has 2 aromatic rings. The zero-order valence-electron chi connectivity index (χ0n) is 11.2. The monoisotopic (exact) mass is 338 g/mol. The molecule has 0 bridgehead atoms. The largest absolute Gasteiger partial charge is 0.269 e. The number of nitro benzene ring substituents is 2. The average molecular weight is 339 g/mol. The van der Waals surface area contributed by atoms with Crippen molar-refractivity contribution < 1.29 is 9.85 Å². The summed E-state index contributed by atoms with van der Waals surface area (Å²) in [5.74, 6) is 0.267. The Morgan fingerprint density at radius 3 is 2.18 bits per heavy atom. The van der Waals surface area contributed by atoms with E-state index in [1.54, 1.807) is 24.3 Å². The van der Waals surface area contributed by atoms with E-state index < -0.39 is 9.85 Å². The predicted molar refractivity (Wildman–Crippen MR) is 85.5 cm³/mol. The smallest absolute Gasteiger partial charge is 0.258 e. The summed E-state index contributed by atoms with van der Waals surface area (Å²) in [6.45, 7) is 0. The molecule has 0 aliphatic rings. The molecule has 0 N–H and O–H groups in total. The Hall–Kier alpha value is -2.12. The third-order valence-electron chi connectivity index (χ3n) is 2.92. The maximum absolute atomic E-state index is 10.8. The maximum atomic E-state index is 10.8. The van der Waals surface area contributed by atoms with Gasteiger partial charge in [-0.1, -0.05) is 12.1 Å². The highest BCUT2D eigenvalue weighted by atomic mass is 35.5. The zero-order chi connectivity index (χ0) is 16.1. The Bertz CT molecular complexity index is 693. The predicted octanol–water partition coefficient (Wildman–Crippen LogP) is 4.58. The van der Waals surface area contributed by atoms with Gasteiger partial charge in [0.15, 0.2) is 0 Å². The standard InChI is InChI=1S/C14H11ClN2O4S/c15-9-14(10-2-1-3-12(8-10)17(20)21)22-13-6-4-11(5-7-13)16(18)19/h1-8,14H,9H2. The number of hydrogen-bond donors (Lipinski definition) is 0. The molecule has 2 aromatic carbocycles. The molecule has 1 atom stereocenters. The van der Waals surface area contributed by atoms with Crippen LogP contribution in [0.5, 0.6) is 0 Å². The topological polar surface area (TPSA) is 86.3 Å². The first-order chi connectivity index (χ1) is 10.5. The number of benzene rings is 2. The van der Waals surface area contributed by atoms with Crippen LogP contribution in [0.3, 0.4) is 0 Å². The van der Waals surface area contributed by atoms with Gasteiger partial charge < -0.3 is 0 Å². The minimum absolute atomic E-state index is 0.0110. The summed E-state index contributed by atoms with van der Waals surface area (Å²) in [5, 5.41) is 21.3. The lowest BCUT2D eigenvalue weighted by Gasteiger charge is -2.13. The van der Waals surface area contributed by atoms with E-state index in [1.165, 1.54) is 36.0 Å². The number of rotatable bonds is 6. The van der Waals surface area contributed by atoms with Crippen molar-refractivity contribution in [3.05, 3.63) is 74.3 Å². The Morgan fingerprint density at radius 1 is 1.00 bits per heavy atom. The van der Waals surface area contributed by atoms with Crippen LogP contribution < -0.4 is 0 Å². The lowest BCUT2D eigenvalue weighted by molar-refractivity contribution is -0.385. The number of nitro groups is 2. The van der Waals surface area contributed by atoms with E-state index in [4.69, 9.17) is 11.6 Å². The lowest BCUT2D eigenvalue weighted by atomic mass is 10.1. The van der Waals surface area contributed by atoms with Crippen LogP contribution in [-0.4, -0.2) is 15.7 Å². The summed E-state index contributed by atoms with van der Waals surface area (Å²) in [4.78, 5) is 21.3. The summed E-state index contributed by atoms with van der Waals surface area (Å²) in [7, 11) is 0. The van der Waals surface area contributed by atoms with Gasteiger partial charge in [-0.15, -0.1) is 23.4 Å². The van der Waals surface area contributed by atoms with Gasteiger partial charge in [0.05, 0.1) is 9.85 Å². The molecular formula is C14H11ClN2O4S. The van der Waals surface area contributed by atoms with Crippen molar-refractivity contribution >= 4 is 34.7 Å². The number of thioether (sulfide) groups is 1. The molecule has 0 saturated carbocycles. The van der Waals surface area contributed by atoms with Gasteiger partial charge >= 0.3 is 0 Å². The molecular weight excluding hydrogens is 328 g/mol. The number of alkyl halides is 1. The van der Waals surface area contributed by atoms with Crippen molar-refractivity contribution in [3.8, 4) is 0 Å². The first-order valence-electron chi connectivity index (χ1n) is 6.22. The molecule has 0 fully saturated rings. The van der Waals surface area contributed by atoms with Gasteiger partial charge in [0.1, 0.15) is 0 Å². The van der Waals surface area contributed by atoms with Crippen molar-refractivity contribution in [3.63, 3.8) is 0 Å².